The first-order valence-corrected chi connectivity index (χ1v) is 11.9. The highest BCUT2D eigenvalue weighted by atomic mass is 79.9. The Morgan fingerprint density at radius 3 is 2.73 bits per heavy atom. The van der Waals surface area contributed by atoms with Gasteiger partial charge in [0.2, 0.25) is 4.80 Å². The van der Waals surface area contributed by atoms with E-state index in [2.05, 4.69) is 54.2 Å². The summed E-state index contributed by atoms with van der Waals surface area (Å²) in [5, 5.41) is 7.01. The largest absolute Gasteiger partial charge is 0.376 e. The molecule has 0 radical (unpaired) electrons. The van der Waals surface area contributed by atoms with Gasteiger partial charge in [0.05, 0.1) is 24.6 Å². The molecule has 1 saturated heterocycles. The van der Waals surface area contributed by atoms with Crippen molar-refractivity contribution in [3.63, 3.8) is 0 Å². The molecule has 1 aliphatic rings. The fourth-order valence-electron chi connectivity index (χ4n) is 3.61. The van der Waals surface area contributed by atoms with E-state index in [1.54, 1.807) is 11.3 Å². The summed E-state index contributed by atoms with van der Waals surface area (Å²) in [7, 11) is 0. The molecule has 0 aliphatic carbocycles. The molecule has 1 fully saturated rings. The second-order valence-corrected chi connectivity index (χ2v) is 9.40. The third-order valence-corrected chi connectivity index (χ3v) is 7.05. The van der Waals surface area contributed by atoms with Crippen molar-refractivity contribution in [3.05, 3.63) is 73.3 Å². The van der Waals surface area contributed by atoms with Crippen LogP contribution in [-0.2, 0) is 4.74 Å². The van der Waals surface area contributed by atoms with Gasteiger partial charge < -0.3 is 4.74 Å². The van der Waals surface area contributed by atoms with Crippen molar-refractivity contribution in [1.29, 1.82) is 0 Å². The maximum absolute atomic E-state index is 5.76. The van der Waals surface area contributed by atoms with Gasteiger partial charge >= 0.3 is 0 Å². The minimum absolute atomic E-state index is 0.222. The Bertz CT molecular complexity index is 1140. The molecule has 4 nitrogen and oxygen atoms in total. The molecule has 6 heteroatoms. The Kier molecular flexibility index (Phi) is 6.66. The zero-order valence-corrected chi connectivity index (χ0v) is 20.0. The number of aromatic nitrogens is 1. The van der Waals surface area contributed by atoms with Crippen LogP contribution < -0.4 is 4.80 Å². The zero-order chi connectivity index (χ0) is 21.1. The number of hydrogen-bond acceptors (Lipinski definition) is 4. The monoisotopic (exact) mass is 483 g/mol. The summed E-state index contributed by atoms with van der Waals surface area (Å²) in [6, 6.07) is 12.6. The Morgan fingerprint density at radius 1 is 1.17 bits per heavy atom. The van der Waals surface area contributed by atoms with Crippen LogP contribution in [-0.4, -0.2) is 30.1 Å². The molecule has 1 aromatic heterocycles. The van der Waals surface area contributed by atoms with Crippen LogP contribution in [0.25, 0.3) is 11.3 Å². The molecule has 0 N–H and O–H groups in total. The molecule has 0 bridgehead atoms. The minimum atomic E-state index is 0.222. The molecule has 0 saturated carbocycles. The molecule has 30 heavy (non-hydrogen) atoms. The maximum atomic E-state index is 5.76. The summed E-state index contributed by atoms with van der Waals surface area (Å²) >= 11 is 5.24. The van der Waals surface area contributed by atoms with E-state index in [0.29, 0.717) is 6.54 Å². The summed E-state index contributed by atoms with van der Waals surface area (Å²) in [5.74, 6) is 0. The quantitative estimate of drug-likeness (QED) is 0.418. The van der Waals surface area contributed by atoms with Crippen molar-refractivity contribution < 1.29 is 4.74 Å². The van der Waals surface area contributed by atoms with E-state index in [1.807, 2.05) is 35.2 Å². The normalized spacial score (nSPS) is 17.3. The molecule has 4 rings (SSSR count). The molecule has 1 aliphatic heterocycles. The summed E-state index contributed by atoms with van der Waals surface area (Å²) in [4.78, 5) is 5.76. The lowest BCUT2D eigenvalue weighted by Crippen LogP contribution is -2.17. The Balaban J connectivity index is 1.79. The van der Waals surface area contributed by atoms with Crippen molar-refractivity contribution in [3.8, 4) is 11.3 Å². The van der Waals surface area contributed by atoms with Gasteiger partial charge in [0.1, 0.15) is 0 Å². The molecule has 3 aromatic rings. The van der Waals surface area contributed by atoms with Crippen LogP contribution >= 0.6 is 27.3 Å². The van der Waals surface area contributed by atoms with Crippen LogP contribution in [0.15, 0.2) is 56.3 Å². The average molecular weight is 484 g/mol. The molecule has 0 spiro atoms. The number of benzene rings is 2. The highest BCUT2D eigenvalue weighted by Gasteiger charge is 2.16. The van der Waals surface area contributed by atoms with Crippen molar-refractivity contribution in [2.75, 3.05) is 13.2 Å². The zero-order valence-electron chi connectivity index (χ0n) is 17.6. The standard InChI is InChI=1S/C24H26BrN3OS/c1-16-11-18(3)21(12-17(16)2)23-15-30-24(26-14-20-8-6-10-29-20)28(23)27-13-19-7-4-5-9-22(19)25/h4-5,7,9,11-13,15,20H,6,8,10,14H2,1-3H3. The van der Waals surface area contributed by atoms with Gasteiger partial charge in [-0.25, -0.2) is 4.68 Å². The SMILES string of the molecule is Cc1cc(C)c(-c2csc(=NCC3CCCO3)n2N=Cc2ccccc2Br)cc1C. The molecule has 2 heterocycles. The van der Waals surface area contributed by atoms with E-state index < -0.39 is 0 Å². The highest BCUT2D eigenvalue weighted by Crippen LogP contribution is 2.27. The van der Waals surface area contributed by atoms with E-state index in [0.717, 1.165) is 40.0 Å². The van der Waals surface area contributed by atoms with E-state index in [1.165, 1.54) is 22.3 Å². The smallest absolute Gasteiger partial charge is 0.206 e. The van der Waals surface area contributed by atoms with Crippen LogP contribution in [0, 0.1) is 20.8 Å². The Hall–Kier alpha value is -2.02. The van der Waals surface area contributed by atoms with Crippen LogP contribution in [0.4, 0.5) is 0 Å². The van der Waals surface area contributed by atoms with Crippen molar-refractivity contribution in [2.45, 2.75) is 39.7 Å². The second kappa shape index (κ2) is 9.41. The summed E-state index contributed by atoms with van der Waals surface area (Å²) in [5.41, 5.74) is 7.11. The van der Waals surface area contributed by atoms with Gasteiger partial charge in [-0.2, -0.15) is 5.10 Å². The summed E-state index contributed by atoms with van der Waals surface area (Å²) in [6.45, 7) is 7.99. The fourth-order valence-corrected chi connectivity index (χ4v) is 4.83. The number of rotatable bonds is 5. The molecular formula is C24H26BrN3OS. The Labute approximate surface area is 190 Å². The first-order chi connectivity index (χ1) is 14.5. The van der Waals surface area contributed by atoms with Crippen molar-refractivity contribution in [1.82, 2.24) is 4.68 Å². The highest BCUT2D eigenvalue weighted by molar-refractivity contribution is 9.10. The minimum Gasteiger partial charge on any atom is -0.376 e. The predicted molar refractivity (Wildman–Crippen MR) is 128 cm³/mol. The molecule has 0 amide bonds. The second-order valence-electron chi connectivity index (χ2n) is 7.71. The molecule has 2 aromatic carbocycles. The van der Waals surface area contributed by atoms with Gasteiger partial charge in [-0.05, 0) is 62.4 Å². The van der Waals surface area contributed by atoms with Crippen LogP contribution in [0.1, 0.15) is 35.1 Å². The number of ether oxygens (including phenoxy) is 1. The number of nitrogens with zero attached hydrogens (tertiary/aromatic N) is 3. The first-order valence-electron chi connectivity index (χ1n) is 10.2. The summed E-state index contributed by atoms with van der Waals surface area (Å²) < 4.78 is 8.74. The van der Waals surface area contributed by atoms with Gasteiger partial charge in [-0.1, -0.05) is 40.2 Å². The lowest BCUT2D eigenvalue weighted by molar-refractivity contribution is 0.117. The van der Waals surface area contributed by atoms with Gasteiger partial charge in [0.15, 0.2) is 0 Å². The summed E-state index contributed by atoms with van der Waals surface area (Å²) in [6.07, 6.45) is 4.32. The van der Waals surface area contributed by atoms with Crippen LogP contribution in [0.5, 0.6) is 0 Å². The van der Waals surface area contributed by atoms with Gasteiger partial charge in [-0.3, -0.25) is 4.99 Å². The molecule has 1 unspecified atom stereocenters. The van der Waals surface area contributed by atoms with E-state index in [4.69, 9.17) is 14.8 Å². The van der Waals surface area contributed by atoms with E-state index >= 15 is 0 Å². The number of thiazole rings is 1. The lowest BCUT2D eigenvalue weighted by atomic mass is 9.99. The molecule has 156 valence electrons. The van der Waals surface area contributed by atoms with Gasteiger partial charge in [0.25, 0.3) is 0 Å². The van der Waals surface area contributed by atoms with Crippen LogP contribution in [0.3, 0.4) is 0 Å². The molecular weight excluding hydrogens is 458 g/mol. The predicted octanol–water partition coefficient (Wildman–Crippen LogP) is 5.87. The number of aryl methyl sites for hydroxylation is 3. The first kappa shape index (κ1) is 21.2. The van der Waals surface area contributed by atoms with Crippen LogP contribution in [0.2, 0.25) is 0 Å². The van der Waals surface area contributed by atoms with E-state index in [9.17, 15) is 0 Å². The third-order valence-electron chi connectivity index (χ3n) is 5.47. The fraction of sp³-hybridized carbons (Fsp3) is 0.333. The Morgan fingerprint density at radius 2 is 1.97 bits per heavy atom. The topological polar surface area (TPSA) is 38.9 Å². The molecule has 1 atom stereocenters. The average Bonchev–Trinajstić information content (AvgIpc) is 3.38. The lowest BCUT2D eigenvalue weighted by Gasteiger charge is -2.11. The van der Waals surface area contributed by atoms with Gasteiger partial charge in [0, 0.05) is 27.6 Å². The van der Waals surface area contributed by atoms with Gasteiger partial charge in [-0.15, -0.1) is 11.3 Å². The maximum Gasteiger partial charge on any atom is 0.206 e. The van der Waals surface area contributed by atoms with E-state index in [-0.39, 0.29) is 6.10 Å². The number of halogens is 1. The van der Waals surface area contributed by atoms with Crippen molar-refractivity contribution >= 4 is 33.5 Å². The third kappa shape index (κ3) is 4.66. The van der Waals surface area contributed by atoms with Crippen molar-refractivity contribution in [2.24, 2.45) is 10.1 Å². The number of hydrogen-bond donors (Lipinski definition) is 0.